The zero-order valence-corrected chi connectivity index (χ0v) is 10.1. The minimum Gasteiger partial charge on any atom is -0.299 e. The van der Waals surface area contributed by atoms with E-state index in [2.05, 4.69) is 20.8 Å². The minimum atomic E-state index is 0.488. The number of hydrogen-bond acceptors (Lipinski definition) is 1. The van der Waals surface area contributed by atoms with Gasteiger partial charge in [0, 0.05) is 12.3 Å². The molecule has 0 saturated heterocycles. The van der Waals surface area contributed by atoms with Crippen LogP contribution in [0.5, 0.6) is 0 Å². The first kappa shape index (κ1) is 9.86. The van der Waals surface area contributed by atoms with E-state index in [4.69, 9.17) is 0 Å². The summed E-state index contributed by atoms with van der Waals surface area (Å²) in [5.74, 6) is 4.30. The van der Waals surface area contributed by atoms with Crippen LogP contribution in [0, 0.1) is 35.0 Å². The molecule has 0 amide bonds. The summed E-state index contributed by atoms with van der Waals surface area (Å²) in [6, 6.07) is 0. The Kier molecular flexibility index (Phi) is 1.88. The van der Waals surface area contributed by atoms with E-state index in [1.54, 1.807) is 0 Å². The van der Waals surface area contributed by atoms with Crippen molar-refractivity contribution < 1.29 is 4.79 Å². The van der Waals surface area contributed by atoms with E-state index < -0.39 is 0 Å². The van der Waals surface area contributed by atoms with E-state index in [0.717, 1.165) is 30.1 Å². The molecule has 0 unspecified atom stereocenters. The molecule has 0 radical (unpaired) electrons. The van der Waals surface area contributed by atoms with Gasteiger partial charge in [-0.3, -0.25) is 4.79 Å². The molecule has 3 aliphatic carbocycles. The molecule has 1 heteroatoms. The van der Waals surface area contributed by atoms with E-state index in [9.17, 15) is 4.79 Å². The standard InChI is InChI=1S/C14H22O/c1-8(2)10-5-4-9(3)14-7-6-11(15)13(14)12(10)14/h8-10,12-13H,4-7H2,1-3H3/t9-,10+,12-,13-,14+/m1/s1. The van der Waals surface area contributed by atoms with Crippen LogP contribution in [0.15, 0.2) is 0 Å². The van der Waals surface area contributed by atoms with Gasteiger partial charge in [-0.1, -0.05) is 20.8 Å². The summed E-state index contributed by atoms with van der Waals surface area (Å²) in [5, 5.41) is 0. The second kappa shape index (κ2) is 2.87. The molecule has 3 saturated carbocycles. The van der Waals surface area contributed by atoms with Crippen molar-refractivity contribution in [2.45, 2.75) is 46.5 Å². The Morgan fingerprint density at radius 1 is 1.33 bits per heavy atom. The Hall–Kier alpha value is -0.330. The summed E-state index contributed by atoms with van der Waals surface area (Å²) < 4.78 is 0. The predicted molar refractivity (Wildman–Crippen MR) is 60.4 cm³/mol. The van der Waals surface area contributed by atoms with Crippen LogP contribution < -0.4 is 0 Å². The third-order valence-electron chi connectivity index (χ3n) is 5.77. The highest BCUT2D eigenvalue weighted by atomic mass is 16.1. The molecule has 0 N–H and O–H groups in total. The van der Waals surface area contributed by atoms with Gasteiger partial charge < -0.3 is 0 Å². The Balaban J connectivity index is 1.91. The predicted octanol–water partition coefficient (Wildman–Crippen LogP) is 3.28. The first-order valence-electron chi connectivity index (χ1n) is 6.61. The third-order valence-corrected chi connectivity index (χ3v) is 5.77. The Morgan fingerprint density at radius 3 is 2.73 bits per heavy atom. The summed E-state index contributed by atoms with van der Waals surface area (Å²) in [6.07, 6.45) is 4.83. The number of ketones is 1. The second-order valence-corrected chi connectivity index (χ2v) is 6.47. The molecule has 0 heterocycles. The van der Waals surface area contributed by atoms with E-state index in [0.29, 0.717) is 17.1 Å². The lowest BCUT2D eigenvalue weighted by Gasteiger charge is -2.35. The molecule has 3 fully saturated rings. The van der Waals surface area contributed by atoms with Crippen LogP contribution in [0.3, 0.4) is 0 Å². The first-order valence-corrected chi connectivity index (χ1v) is 6.61. The van der Waals surface area contributed by atoms with Crippen LogP contribution in [0.2, 0.25) is 0 Å². The lowest BCUT2D eigenvalue weighted by molar-refractivity contribution is -0.119. The van der Waals surface area contributed by atoms with Crippen LogP contribution in [0.4, 0.5) is 0 Å². The van der Waals surface area contributed by atoms with Gasteiger partial charge in [0.1, 0.15) is 5.78 Å². The van der Waals surface area contributed by atoms with Gasteiger partial charge in [0.15, 0.2) is 0 Å². The summed E-state index contributed by atoms with van der Waals surface area (Å²) in [5.41, 5.74) is 0.490. The first-order chi connectivity index (χ1) is 7.09. The Morgan fingerprint density at radius 2 is 2.07 bits per heavy atom. The van der Waals surface area contributed by atoms with Crippen molar-refractivity contribution in [3.8, 4) is 0 Å². The second-order valence-electron chi connectivity index (χ2n) is 6.47. The van der Waals surface area contributed by atoms with E-state index >= 15 is 0 Å². The maximum Gasteiger partial charge on any atom is 0.136 e. The molecule has 0 aromatic rings. The van der Waals surface area contributed by atoms with Crippen molar-refractivity contribution in [2.75, 3.05) is 0 Å². The molecule has 0 aliphatic heterocycles. The molecule has 5 atom stereocenters. The van der Waals surface area contributed by atoms with Crippen molar-refractivity contribution in [1.29, 1.82) is 0 Å². The molecular weight excluding hydrogens is 184 g/mol. The van der Waals surface area contributed by atoms with Gasteiger partial charge in [0.05, 0.1) is 0 Å². The van der Waals surface area contributed by atoms with Crippen molar-refractivity contribution in [3.63, 3.8) is 0 Å². The summed E-state index contributed by atoms with van der Waals surface area (Å²) in [6.45, 7) is 7.07. The molecule has 1 spiro atoms. The molecule has 15 heavy (non-hydrogen) atoms. The zero-order valence-electron chi connectivity index (χ0n) is 10.1. The maximum atomic E-state index is 11.9. The highest BCUT2D eigenvalue weighted by molar-refractivity contribution is 5.88. The van der Waals surface area contributed by atoms with Crippen LogP contribution in [-0.4, -0.2) is 5.78 Å². The van der Waals surface area contributed by atoms with Crippen molar-refractivity contribution in [1.82, 2.24) is 0 Å². The maximum absolute atomic E-state index is 11.9. The molecule has 1 nitrogen and oxygen atoms in total. The lowest BCUT2D eigenvalue weighted by atomic mass is 9.70. The van der Waals surface area contributed by atoms with Gasteiger partial charge >= 0.3 is 0 Å². The fraction of sp³-hybridized carbons (Fsp3) is 0.929. The SMILES string of the molecule is CC(C)[C@@H]1CC[C@@H](C)[C@]23CCC(=O)[C@@H]2[C@@H]13. The van der Waals surface area contributed by atoms with E-state index in [1.165, 1.54) is 19.3 Å². The van der Waals surface area contributed by atoms with Gasteiger partial charge in [0.25, 0.3) is 0 Å². The summed E-state index contributed by atoms with van der Waals surface area (Å²) >= 11 is 0. The molecule has 3 rings (SSSR count). The molecule has 84 valence electrons. The number of rotatable bonds is 1. The highest BCUT2D eigenvalue weighted by Gasteiger charge is 2.75. The van der Waals surface area contributed by atoms with Gasteiger partial charge in [-0.05, 0) is 48.3 Å². The van der Waals surface area contributed by atoms with Gasteiger partial charge in [-0.25, -0.2) is 0 Å². The molecular formula is C14H22O. The fourth-order valence-corrected chi connectivity index (χ4v) is 4.97. The average Bonchev–Trinajstić information content (AvgIpc) is 2.75. The van der Waals surface area contributed by atoms with Crippen molar-refractivity contribution in [2.24, 2.45) is 35.0 Å². The third kappa shape index (κ3) is 1.02. The molecule has 0 aromatic carbocycles. The number of carbonyl (C=O) groups excluding carboxylic acids is 1. The Labute approximate surface area is 92.6 Å². The number of hydrogen-bond donors (Lipinski definition) is 0. The van der Waals surface area contributed by atoms with Gasteiger partial charge in [-0.15, -0.1) is 0 Å². The van der Waals surface area contributed by atoms with Crippen molar-refractivity contribution in [3.05, 3.63) is 0 Å². The number of Topliss-reactive ketones (excluding diaryl/α,β-unsaturated/α-hetero) is 1. The monoisotopic (exact) mass is 206 g/mol. The van der Waals surface area contributed by atoms with Crippen LogP contribution in [-0.2, 0) is 4.79 Å². The fourth-order valence-electron chi connectivity index (χ4n) is 4.97. The number of fused-ring (bicyclic) bond motifs is 1. The molecule has 3 aliphatic rings. The molecule has 0 aromatic heterocycles. The van der Waals surface area contributed by atoms with Gasteiger partial charge in [-0.2, -0.15) is 0 Å². The van der Waals surface area contributed by atoms with Crippen LogP contribution in [0.25, 0.3) is 0 Å². The van der Waals surface area contributed by atoms with Crippen LogP contribution >= 0.6 is 0 Å². The molecule has 0 bridgehead atoms. The summed E-state index contributed by atoms with van der Waals surface area (Å²) in [7, 11) is 0. The highest BCUT2D eigenvalue weighted by Crippen LogP contribution is 2.76. The van der Waals surface area contributed by atoms with E-state index in [-0.39, 0.29) is 0 Å². The normalized spacial score (nSPS) is 52.9. The quantitative estimate of drug-likeness (QED) is 0.643. The lowest BCUT2D eigenvalue weighted by Crippen LogP contribution is -2.27. The topological polar surface area (TPSA) is 17.1 Å². The van der Waals surface area contributed by atoms with Crippen molar-refractivity contribution >= 4 is 5.78 Å². The largest absolute Gasteiger partial charge is 0.299 e. The minimum absolute atomic E-state index is 0.488. The summed E-state index contributed by atoms with van der Waals surface area (Å²) in [4.78, 5) is 11.9. The number of carbonyl (C=O) groups is 1. The van der Waals surface area contributed by atoms with Crippen LogP contribution in [0.1, 0.15) is 46.5 Å². The smallest absolute Gasteiger partial charge is 0.136 e. The van der Waals surface area contributed by atoms with Gasteiger partial charge in [0.2, 0.25) is 0 Å². The average molecular weight is 206 g/mol. The Bertz CT molecular complexity index is 306. The van der Waals surface area contributed by atoms with E-state index in [1.807, 2.05) is 0 Å². The zero-order chi connectivity index (χ0) is 10.8.